The highest BCUT2D eigenvalue weighted by Gasteiger charge is 2.76. The molecule has 72 valence electrons. The third-order valence-electron chi connectivity index (χ3n) is 3.48. The lowest BCUT2D eigenvalue weighted by Crippen LogP contribution is -2.34. The molecule has 1 amide bonds. The van der Waals surface area contributed by atoms with Gasteiger partial charge in [-0.3, -0.25) is 4.79 Å². The van der Waals surface area contributed by atoms with Gasteiger partial charge >= 0.3 is 0 Å². The van der Waals surface area contributed by atoms with Gasteiger partial charge in [-0.05, 0) is 13.0 Å². The molecule has 0 bridgehead atoms. The Labute approximate surface area is 81.9 Å². The van der Waals surface area contributed by atoms with E-state index in [-0.39, 0.29) is 11.5 Å². The molecular formula is C11H11NO2. The fourth-order valence-electron chi connectivity index (χ4n) is 2.60. The Balaban J connectivity index is 2.23. The molecule has 2 aliphatic rings. The summed E-state index contributed by atoms with van der Waals surface area (Å²) in [5.41, 5.74) is 5.47. The van der Waals surface area contributed by atoms with Crippen molar-refractivity contribution in [2.24, 2.45) is 5.73 Å². The van der Waals surface area contributed by atoms with Gasteiger partial charge in [0, 0.05) is 12.0 Å². The first-order valence-electron chi connectivity index (χ1n) is 4.69. The summed E-state index contributed by atoms with van der Waals surface area (Å²) in [4.78, 5) is 11.5. The molecular weight excluding hydrogens is 178 g/mol. The second kappa shape index (κ2) is 1.95. The fourth-order valence-corrected chi connectivity index (χ4v) is 2.60. The van der Waals surface area contributed by atoms with Crippen LogP contribution in [0, 0.1) is 0 Å². The molecule has 2 atom stereocenters. The molecule has 1 aromatic carbocycles. The molecule has 1 fully saturated rings. The van der Waals surface area contributed by atoms with Crippen molar-refractivity contribution < 1.29 is 9.53 Å². The van der Waals surface area contributed by atoms with Gasteiger partial charge in [0.2, 0.25) is 5.91 Å². The summed E-state index contributed by atoms with van der Waals surface area (Å²) in [6.07, 6.45) is 0.715. The molecule has 1 saturated carbocycles. The Morgan fingerprint density at radius 3 is 2.93 bits per heavy atom. The van der Waals surface area contributed by atoms with Crippen LogP contribution in [0.1, 0.15) is 18.9 Å². The maximum absolute atomic E-state index is 11.5. The van der Waals surface area contributed by atoms with Gasteiger partial charge in [-0.1, -0.05) is 18.2 Å². The number of benzene rings is 1. The molecule has 1 aliphatic heterocycles. The number of para-hydroxylation sites is 1. The highest BCUT2D eigenvalue weighted by atomic mass is 16.5. The summed E-state index contributed by atoms with van der Waals surface area (Å²) in [6, 6.07) is 7.63. The molecule has 0 radical (unpaired) electrons. The number of primary amides is 1. The first-order chi connectivity index (χ1) is 6.60. The number of nitrogens with two attached hydrogens (primary N) is 1. The standard InChI is InChI=1S/C11H11NO2/c1-10-6-11(10,9(12)13)7-4-2-3-5-8(7)14-10/h2-5H,6H2,1H3,(H2,12,13). The highest BCUT2D eigenvalue weighted by molar-refractivity contribution is 5.95. The molecule has 3 nitrogen and oxygen atoms in total. The zero-order valence-corrected chi connectivity index (χ0v) is 7.91. The molecule has 3 heteroatoms. The van der Waals surface area contributed by atoms with Crippen LogP contribution >= 0.6 is 0 Å². The van der Waals surface area contributed by atoms with Crippen LogP contribution in [0.5, 0.6) is 5.75 Å². The van der Waals surface area contributed by atoms with E-state index >= 15 is 0 Å². The van der Waals surface area contributed by atoms with Gasteiger partial charge in [0.25, 0.3) is 0 Å². The number of carbonyl (C=O) groups excluding carboxylic acids is 1. The zero-order valence-electron chi connectivity index (χ0n) is 7.91. The van der Waals surface area contributed by atoms with Gasteiger partial charge < -0.3 is 10.5 Å². The van der Waals surface area contributed by atoms with Crippen LogP contribution in [0.25, 0.3) is 0 Å². The average Bonchev–Trinajstić information content (AvgIpc) is 2.67. The molecule has 2 unspecified atom stereocenters. The molecule has 1 aromatic rings. The van der Waals surface area contributed by atoms with E-state index in [4.69, 9.17) is 10.5 Å². The van der Waals surface area contributed by atoms with E-state index in [1.807, 2.05) is 31.2 Å². The number of hydrogen-bond acceptors (Lipinski definition) is 2. The van der Waals surface area contributed by atoms with Crippen molar-refractivity contribution in [3.63, 3.8) is 0 Å². The number of fused-ring (bicyclic) bond motifs is 3. The predicted octanol–water partition coefficient (Wildman–Crippen LogP) is 0.964. The minimum atomic E-state index is -0.552. The first kappa shape index (κ1) is 7.85. The van der Waals surface area contributed by atoms with Crippen LogP contribution in [-0.4, -0.2) is 11.5 Å². The molecule has 14 heavy (non-hydrogen) atoms. The van der Waals surface area contributed by atoms with Crippen molar-refractivity contribution in [1.29, 1.82) is 0 Å². The largest absolute Gasteiger partial charge is 0.486 e. The van der Waals surface area contributed by atoms with Crippen molar-refractivity contribution in [2.75, 3.05) is 0 Å². The highest BCUT2D eigenvalue weighted by Crippen LogP contribution is 2.66. The van der Waals surface area contributed by atoms with Gasteiger partial charge in [0.1, 0.15) is 16.8 Å². The lowest BCUT2D eigenvalue weighted by molar-refractivity contribution is -0.121. The third kappa shape index (κ3) is 0.606. The summed E-state index contributed by atoms with van der Waals surface area (Å²) in [5, 5.41) is 0. The molecule has 0 spiro atoms. The lowest BCUT2D eigenvalue weighted by Gasteiger charge is -2.08. The normalized spacial score (nSPS) is 36.9. The minimum absolute atomic E-state index is 0.273. The van der Waals surface area contributed by atoms with Crippen LogP contribution in [0.15, 0.2) is 24.3 Å². The van der Waals surface area contributed by atoms with Crippen molar-refractivity contribution in [1.82, 2.24) is 0 Å². The van der Waals surface area contributed by atoms with Crippen LogP contribution < -0.4 is 10.5 Å². The van der Waals surface area contributed by atoms with E-state index in [9.17, 15) is 4.79 Å². The minimum Gasteiger partial charge on any atom is -0.486 e. The second-order valence-corrected chi connectivity index (χ2v) is 4.28. The quantitative estimate of drug-likeness (QED) is 0.715. The number of amides is 1. The second-order valence-electron chi connectivity index (χ2n) is 4.28. The first-order valence-corrected chi connectivity index (χ1v) is 4.69. The predicted molar refractivity (Wildman–Crippen MR) is 51.0 cm³/mol. The average molecular weight is 189 g/mol. The molecule has 0 saturated heterocycles. The number of rotatable bonds is 1. The molecule has 1 heterocycles. The Morgan fingerprint density at radius 1 is 1.50 bits per heavy atom. The van der Waals surface area contributed by atoms with E-state index in [0.717, 1.165) is 11.3 Å². The maximum atomic E-state index is 11.5. The molecule has 2 N–H and O–H groups in total. The third-order valence-corrected chi connectivity index (χ3v) is 3.48. The number of ether oxygens (including phenoxy) is 1. The summed E-state index contributed by atoms with van der Waals surface area (Å²) >= 11 is 0. The van der Waals surface area contributed by atoms with E-state index in [1.165, 1.54) is 0 Å². The van der Waals surface area contributed by atoms with E-state index < -0.39 is 5.41 Å². The number of hydrogen-bond donors (Lipinski definition) is 1. The topological polar surface area (TPSA) is 52.3 Å². The summed E-state index contributed by atoms with van der Waals surface area (Å²) in [6.45, 7) is 1.94. The van der Waals surface area contributed by atoms with E-state index in [0.29, 0.717) is 6.42 Å². The van der Waals surface area contributed by atoms with Gasteiger partial charge in [0.15, 0.2) is 0 Å². The zero-order chi connectivity index (χ0) is 9.97. The Hall–Kier alpha value is -1.51. The van der Waals surface area contributed by atoms with E-state index in [1.54, 1.807) is 0 Å². The fraction of sp³-hybridized carbons (Fsp3) is 0.364. The Morgan fingerprint density at radius 2 is 2.21 bits per heavy atom. The molecule has 1 aliphatic carbocycles. The van der Waals surface area contributed by atoms with Crippen LogP contribution in [-0.2, 0) is 10.2 Å². The lowest BCUT2D eigenvalue weighted by atomic mass is 9.93. The Bertz CT molecular complexity index is 443. The van der Waals surface area contributed by atoms with Crippen molar-refractivity contribution in [3.05, 3.63) is 29.8 Å². The van der Waals surface area contributed by atoms with Crippen LogP contribution in [0.3, 0.4) is 0 Å². The van der Waals surface area contributed by atoms with Crippen LogP contribution in [0.2, 0.25) is 0 Å². The molecule has 0 aromatic heterocycles. The summed E-state index contributed by atoms with van der Waals surface area (Å²) < 4.78 is 5.73. The van der Waals surface area contributed by atoms with Crippen LogP contribution in [0.4, 0.5) is 0 Å². The maximum Gasteiger partial charge on any atom is 0.232 e. The van der Waals surface area contributed by atoms with Gasteiger partial charge in [-0.2, -0.15) is 0 Å². The summed E-state index contributed by atoms with van der Waals surface area (Å²) in [7, 11) is 0. The Kier molecular flexibility index (Phi) is 1.09. The van der Waals surface area contributed by atoms with Crippen molar-refractivity contribution >= 4 is 5.91 Å². The van der Waals surface area contributed by atoms with Gasteiger partial charge in [0.05, 0.1) is 0 Å². The van der Waals surface area contributed by atoms with Crippen molar-refractivity contribution in [3.8, 4) is 5.75 Å². The van der Waals surface area contributed by atoms with E-state index in [2.05, 4.69) is 0 Å². The van der Waals surface area contributed by atoms with Crippen molar-refractivity contribution in [2.45, 2.75) is 24.4 Å². The SMILES string of the molecule is CC12CC1(C(N)=O)c1ccccc1O2. The monoisotopic (exact) mass is 189 g/mol. The van der Waals surface area contributed by atoms with Gasteiger partial charge in [-0.25, -0.2) is 0 Å². The smallest absolute Gasteiger partial charge is 0.232 e. The summed E-state index contributed by atoms with van der Waals surface area (Å²) in [5.74, 6) is 0.532. The number of carbonyl (C=O) groups is 1. The molecule has 3 rings (SSSR count). The van der Waals surface area contributed by atoms with Gasteiger partial charge in [-0.15, -0.1) is 0 Å².